The van der Waals surface area contributed by atoms with Crippen LogP contribution in [0.5, 0.6) is 0 Å². The average Bonchev–Trinajstić information content (AvgIpc) is 3.59. The van der Waals surface area contributed by atoms with Gasteiger partial charge < -0.3 is 19.8 Å². The van der Waals surface area contributed by atoms with Gasteiger partial charge in [0.2, 0.25) is 0 Å². The van der Waals surface area contributed by atoms with E-state index in [1.165, 1.54) is 16.2 Å². The number of anilines is 6. The monoisotopic (exact) mass is 528 g/mol. The molecule has 8 rings (SSSR count). The third-order valence-corrected chi connectivity index (χ3v) is 8.10. The Balaban J connectivity index is 1.59. The van der Waals surface area contributed by atoms with Crippen molar-refractivity contribution in [3.8, 4) is 0 Å². The highest BCUT2D eigenvalue weighted by atomic mass is 15.3. The minimum absolute atomic E-state index is 1.02. The first-order chi connectivity index (χ1) is 20.3. The van der Waals surface area contributed by atoms with Gasteiger partial charge in [-0.15, -0.1) is 0 Å². The van der Waals surface area contributed by atoms with Gasteiger partial charge in [0.05, 0.1) is 22.7 Å². The Bertz CT molecular complexity index is 2130. The fourth-order valence-electron chi connectivity index (χ4n) is 6.46. The minimum atomic E-state index is 1.02. The number of rotatable bonds is 4. The van der Waals surface area contributed by atoms with Crippen LogP contribution in [0.15, 0.2) is 122 Å². The molecule has 0 saturated carbocycles. The molecule has 1 aliphatic heterocycles. The van der Waals surface area contributed by atoms with Crippen molar-refractivity contribution in [1.29, 1.82) is 0 Å². The number of aromatic amines is 2. The topological polar surface area (TPSA) is 38.1 Å². The minimum Gasteiger partial charge on any atom is -0.354 e. The fourth-order valence-corrected chi connectivity index (χ4v) is 6.46. The first kappa shape index (κ1) is 23.4. The van der Waals surface area contributed by atoms with Crippen LogP contribution in [0.2, 0.25) is 0 Å². The number of para-hydroxylation sites is 3. The molecule has 0 amide bonds. The molecule has 0 spiro atoms. The van der Waals surface area contributed by atoms with Crippen molar-refractivity contribution in [3.05, 3.63) is 133 Å². The molecule has 3 heterocycles. The van der Waals surface area contributed by atoms with Gasteiger partial charge in [0, 0.05) is 55.3 Å². The Kier molecular flexibility index (Phi) is 5.16. The summed E-state index contributed by atoms with van der Waals surface area (Å²) >= 11 is 0. The lowest BCUT2D eigenvalue weighted by atomic mass is 9.97. The van der Waals surface area contributed by atoms with Gasteiger partial charge in [-0.1, -0.05) is 73.3 Å². The van der Waals surface area contributed by atoms with Crippen molar-refractivity contribution in [3.63, 3.8) is 0 Å². The second kappa shape index (κ2) is 9.04. The smallest absolute Gasteiger partial charge is 0.0804 e. The summed E-state index contributed by atoms with van der Waals surface area (Å²) in [6.07, 6.45) is 6.20. The maximum Gasteiger partial charge on any atom is 0.0804 e. The lowest BCUT2D eigenvalue weighted by Gasteiger charge is -2.41. The Morgan fingerprint density at radius 1 is 0.585 bits per heavy atom. The van der Waals surface area contributed by atoms with Crippen LogP contribution in [-0.2, 0) is 0 Å². The first-order valence-corrected chi connectivity index (χ1v) is 14.0. The highest BCUT2D eigenvalue weighted by Gasteiger charge is 2.35. The zero-order valence-corrected chi connectivity index (χ0v) is 22.7. The van der Waals surface area contributed by atoms with Crippen LogP contribution in [-0.4, -0.2) is 9.97 Å². The predicted molar refractivity (Wildman–Crippen MR) is 175 cm³/mol. The summed E-state index contributed by atoms with van der Waals surface area (Å²) in [5.74, 6) is 0. The van der Waals surface area contributed by atoms with Crippen molar-refractivity contribution in [2.75, 3.05) is 9.80 Å². The zero-order chi connectivity index (χ0) is 27.5. The van der Waals surface area contributed by atoms with Crippen LogP contribution in [0.1, 0.15) is 18.2 Å². The van der Waals surface area contributed by atoms with Gasteiger partial charge in [0.25, 0.3) is 0 Å². The molecule has 0 radical (unpaired) electrons. The van der Waals surface area contributed by atoms with E-state index < -0.39 is 0 Å². The average molecular weight is 529 g/mol. The van der Waals surface area contributed by atoms with E-state index in [-0.39, 0.29) is 0 Å². The van der Waals surface area contributed by atoms with Crippen LogP contribution in [0.4, 0.5) is 34.1 Å². The highest BCUT2D eigenvalue weighted by molar-refractivity contribution is 6.23. The molecule has 7 aromatic rings. The van der Waals surface area contributed by atoms with Gasteiger partial charge >= 0.3 is 0 Å². The Hall–Kier alpha value is -5.48. The van der Waals surface area contributed by atoms with Crippen molar-refractivity contribution < 1.29 is 0 Å². The van der Waals surface area contributed by atoms with Crippen LogP contribution in [0, 0.1) is 0 Å². The second-order valence-corrected chi connectivity index (χ2v) is 10.4. The van der Waals surface area contributed by atoms with Crippen LogP contribution in [0.3, 0.4) is 0 Å². The maximum absolute atomic E-state index is 4.12. The Morgan fingerprint density at radius 2 is 1.15 bits per heavy atom. The van der Waals surface area contributed by atoms with Gasteiger partial charge in [0.15, 0.2) is 0 Å². The van der Waals surface area contributed by atoms with E-state index in [1.807, 2.05) is 6.08 Å². The summed E-state index contributed by atoms with van der Waals surface area (Å²) in [7, 11) is 0. The number of allylic oxidation sites excluding steroid dienone is 1. The van der Waals surface area contributed by atoms with Gasteiger partial charge in [-0.3, -0.25) is 0 Å². The summed E-state index contributed by atoms with van der Waals surface area (Å²) in [6, 6.07) is 38.9. The molecule has 41 heavy (non-hydrogen) atoms. The summed E-state index contributed by atoms with van der Waals surface area (Å²) in [4.78, 5) is 12.2. The van der Waals surface area contributed by atoms with E-state index in [0.29, 0.717) is 0 Å². The molecule has 0 aliphatic carbocycles. The van der Waals surface area contributed by atoms with E-state index in [4.69, 9.17) is 0 Å². The van der Waals surface area contributed by atoms with Gasteiger partial charge in [-0.25, -0.2) is 0 Å². The number of nitrogens with zero attached hydrogens (tertiary/aromatic N) is 2. The summed E-state index contributed by atoms with van der Waals surface area (Å²) in [5.41, 5.74) is 12.3. The molecular formula is C37H28N4. The lowest BCUT2D eigenvalue weighted by molar-refractivity contribution is 1.19. The number of hydrogen-bond acceptors (Lipinski definition) is 2. The van der Waals surface area contributed by atoms with Crippen LogP contribution in [0.25, 0.3) is 44.9 Å². The molecule has 5 aromatic carbocycles. The van der Waals surface area contributed by atoms with Gasteiger partial charge in [-0.05, 0) is 67.6 Å². The quantitative estimate of drug-likeness (QED) is 0.238. The molecule has 0 fully saturated rings. The van der Waals surface area contributed by atoms with E-state index in [2.05, 4.69) is 155 Å². The number of hydrogen-bond donors (Lipinski definition) is 2. The number of H-pyrrole nitrogens is 2. The molecule has 0 atom stereocenters. The van der Waals surface area contributed by atoms with E-state index in [0.717, 1.165) is 61.9 Å². The molecule has 196 valence electrons. The number of benzene rings is 5. The second-order valence-electron chi connectivity index (χ2n) is 10.4. The van der Waals surface area contributed by atoms with Crippen LogP contribution >= 0.6 is 0 Å². The summed E-state index contributed by atoms with van der Waals surface area (Å²) in [6.45, 7) is 6.19. The first-order valence-electron chi connectivity index (χ1n) is 14.0. The van der Waals surface area contributed by atoms with Crippen LogP contribution < -0.4 is 9.80 Å². The van der Waals surface area contributed by atoms with Crippen molar-refractivity contribution in [1.82, 2.24) is 9.97 Å². The van der Waals surface area contributed by atoms with Crippen molar-refractivity contribution in [2.24, 2.45) is 0 Å². The van der Waals surface area contributed by atoms with E-state index >= 15 is 0 Å². The molecule has 2 aromatic heterocycles. The maximum atomic E-state index is 4.12. The predicted octanol–water partition coefficient (Wildman–Crippen LogP) is 10.7. The number of fused-ring (bicyclic) bond motifs is 8. The third kappa shape index (κ3) is 3.34. The molecular weight excluding hydrogens is 500 g/mol. The fraction of sp³-hybridized carbons (Fsp3) is 0.0270. The van der Waals surface area contributed by atoms with E-state index in [9.17, 15) is 0 Å². The molecule has 1 aliphatic rings. The lowest BCUT2D eigenvalue weighted by Crippen LogP contribution is -2.24. The molecule has 2 N–H and O–H groups in total. The largest absolute Gasteiger partial charge is 0.354 e. The zero-order valence-electron chi connectivity index (χ0n) is 22.7. The van der Waals surface area contributed by atoms with Gasteiger partial charge in [-0.2, -0.15) is 0 Å². The van der Waals surface area contributed by atoms with E-state index in [1.54, 1.807) is 0 Å². The number of nitrogens with one attached hydrogen (secondary N) is 2. The van der Waals surface area contributed by atoms with Crippen molar-refractivity contribution in [2.45, 2.75) is 6.92 Å². The number of aromatic nitrogens is 2. The third-order valence-electron chi connectivity index (χ3n) is 8.10. The molecule has 4 heteroatoms. The molecule has 4 nitrogen and oxygen atoms in total. The normalized spacial score (nSPS) is 12.9. The summed E-state index contributed by atoms with van der Waals surface area (Å²) < 4.78 is 0. The Labute approximate surface area is 238 Å². The van der Waals surface area contributed by atoms with Crippen molar-refractivity contribution >= 4 is 79.0 Å². The van der Waals surface area contributed by atoms with Gasteiger partial charge in [0.1, 0.15) is 0 Å². The highest BCUT2D eigenvalue weighted by Crippen LogP contribution is 2.59. The Morgan fingerprint density at radius 3 is 1.76 bits per heavy atom. The standard InChI is InChI=1S/C37H28N4/c1-3-13-26-28(4-2)38-30-20-22-32-36(34(26)30)40(24-14-7-5-8-15-24)33-23-21-31-35(27-18-11-12-19-29(27)39-31)37(33)41(32)25-16-9-6-10-17-25/h3-23,38-39H,2H2,1H3/b13-3-. The molecule has 0 unspecified atom stereocenters. The summed E-state index contributed by atoms with van der Waals surface area (Å²) in [5, 5.41) is 3.59. The molecule has 0 saturated heterocycles. The molecule has 0 bridgehead atoms. The SMILES string of the molecule is C=Cc1[nH]c2ccc3c(c2c1/C=C\C)N(c1ccccc1)c1ccc2[nH]c4ccccc4c2c1N3c1ccccc1.